The van der Waals surface area contributed by atoms with E-state index in [0.717, 1.165) is 6.42 Å². The summed E-state index contributed by atoms with van der Waals surface area (Å²) in [5.41, 5.74) is 2.56. The zero-order chi connectivity index (χ0) is 9.68. The van der Waals surface area contributed by atoms with Crippen molar-refractivity contribution in [1.29, 1.82) is 0 Å². The summed E-state index contributed by atoms with van der Waals surface area (Å²) < 4.78 is 0. The van der Waals surface area contributed by atoms with Crippen molar-refractivity contribution in [3.05, 3.63) is 24.0 Å². The molecule has 0 spiro atoms. The van der Waals surface area contributed by atoms with Crippen LogP contribution in [0.5, 0.6) is 0 Å². The van der Waals surface area contributed by atoms with Gasteiger partial charge >= 0.3 is 0 Å². The minimum absolute atomic E-state index is 1.14. The molecule has 1 aromatic heterocycles. The van der Waals surface area contributed by atoms with Crippen LogP contribution in [0.4, 0.5) is 5.69 Å². The van der Waals surface area contributed by atoms with Gasteiger partial charge in [-0.05, 0) is 25.0 Å². The second-order valence-electron chi connectivity index (χ2n) is 2.99. The largest absolute Gasteiger partial charge is 0.373 e. The van der Waals surface area contributed by atoms with E-state index in [1.165, 1.54) is 24.3 Å². The predicted molar refractivity (Wildman–Crippen MR) is 57.2 cm³/mol. The Labute approximate surface area is 80.6 Å². The van der Waals surface area contributed by atoms with Crippen molar-refractivity contribution >= 4 is 5.69 Å². The summed E-state index contributed by atoms with van der Waals surface area (Å²) >= 11 is 0. The highest BCUT2D eigenvalue weighted by molar-refractivity contribution is 5.51. The number of rotatable bonds is 0. The molecule has 72 valence electrons. The van der Waals surface area contributed by atoms with Gasteiger partial charge in [0.2, 0.25) is 0 Å². The number of hydrogen-bond acceptors (Lipinski definition) is 2. The summed E-state index contributed by atoms with van der Waals surface area (Å²) in [6.07, 6.45) is 4.25. The fraction of sp³-hybridized carbons (Fsp3) is 0.545. The van der Waals surface area contributed by atoms with Crippen LogP contribution in [0.1, 0.15) is 26.0 Å². The smallest absolute Gasteiger partial charge is 0.0637 e. The quantitative estimate of drug-likeness (QED) is 0.606. The van der Waals surface area contributed by atoms with Gasteiger partial charge in [-0.3, -0.25) is 4.98 Å². The third kappa shape index (κ3) is 2.20. The summed E-state index contributed by atoms with van der Waals surface area (Å²) in [6, 6.07) is 4.14. The minimum atomic E-state index is 1.14. The van der Waals surface area contributed by atoms with E-state index in [2.05, 4.69) is 23.0 Å². The molecule has 13 heavy (non-hydrogen) atoms. The average Bonchev–Trinajstić information content (AvgIpc) is 2.22. The Morgan fingerprint density at radius 2 is 2.15 bits per heavy atom. The molecule has 1 aliphatic heterocycles. The minimum Gasteiger partial charge on any atom is -0.373 e. The molecule has 0 fully saturated rings. The Balaban J connectivity index is 0.000000396. The first-order valence-electron chi connectivity index (χ1n) is 5.03. The second kappa shape index (κ2) is 4.85. The summed E-state index contributed by atoms with van der Waals surface area (Å²) in [6.45, 7) is 5.17. The van der Waals surface area contributed by atoms with Crippen LogP contribution in [0.2, 0.25) is 0 Å². The van der Waals surface area contributed by atoms with E-state index in [0.29, 0.717) is 0 Å². The van der Waals surface area contributed by atoms with Gasteiger partial charge in [-0.1, -0.05) is 13.8 Å². The zero-order valence-electron chi connectivity index (χ0n) is 8.75. The molecule has 0 bridgehead atoms. The molecule has 2 heteroatoms. The first kappa shape index (κ1) is 10.0. The maximum Gasteiger partial charge on any atom is 0.0637 e. The Morgan fingerprint density at radius 1 is 1.38 bits per heavy atom. The van der Waals surface area contributed by atoms with Crippen LogP contribution in [0.25, 0.3) is 0 Å². The molecule has 0 saturated heterocycles. The van der Waals surface area contributed by atoms with Gasteiger partial charge in [-0.2, -0.15) is 0 Å². The summed E-state index contributed by atoms with van der Waals surface area (Å²) in [5, 5.41) is 0. The molecule has 2 rings (SSSR count). The van der Waals surface area contributed by atoms with E-state index in [9.17, 15) is 0 Å². The van der Waals surface area contributed by atoms with Gasteiger partial charge < -0.3 is 4.90 Å². The highest BCUT2D eigenvalue weighted by Gasteiger charge is 2.12. The molecular weight excluding hydrogens is 160 g/mol. The maximum absolute atomic E-state index is 4.33. The number of hydrogen-bond donors (Lipinski definition) is 0. The van der Waals surface area contributed by atoms with Crippen molar-refractivity contribution in [2.24, 2.45) is 0 Å². The van der Waals surface area contributed by atoms with Gasteiger partial charge in [0.15, 0.2) is 0 Å². The Bertz CT molecular complexity index is 258. The second-order valence-corrected chi connectivity index (χ2v) is 2.99. The number of aryl methyl sites for hydroxylation is 1. The van der Waals surface area contributed by atoms with Crippen LogP contribution < -0.4 is 4.90 Å². The third-order valence-electron chi connectivity index (χ3n) is 2.18. The highest BCUT2D eigenvalue weighted by Crippen LogP contribution is 2.22. The van der Waals surface area contributed by atoms with Gasteiger partial charge in [-0.15, -0.1) is 0 Å². The molecule has 0 unspecified atom stereocenters. The van der Waals surface area contributed by atoms with Crippen molar-refractivity contribution in [3.63, 3.8) is 0 Å². The highest BCUT2D eigenvalue weighted by atomic mass is 15.1. The average molecular weight is 178 g/mol. The van der Waals surface area contributed by atoms with Crippen LogP contribution in [0, 0.1) is 0 Å². The van der Waals surface area contributed by atoms with E-state index in [4.69, 9.17) is 0 Å². The SMILES string of the molecule is CC.CN1CCCc2ncccc21. The van der Waals surface area contributed by atoms with Gasteiger partial charge in [0.25, 0.3) is 0 Å². The van der Waals surface area contributed by atoms with Gasteiger partial charge in [0.05, 0.1) is 11.4 Å². The lowest BCUT2D eigenvalue weighted by Gasteiger charge is -2.25. The molecule has 0 aliphatic carbocycles. The number of pyridine rings is 1. The molecule has 0 radical (unpaired) electrons. The monoisotopic (exact) mass is 178 g/mol. The molecule has 0 saturated carbocycles. The molecule has 0 aromatic carbocycles. The fourth-order valence-electron chi connectivity index (χ4n) is 1.57. The molecular formula is C11H18N2. The molecule has 0 amide bonds. The first-order valence-corrected chi connectivity index (χ1v) is 5.03. The molecule has 0 atom stereocenters. The molecule has 0 N–H and O–H groups in total. The molecule has 2 nitrogen and oxygen atoms in total. The van der Waals surface area contributed by atoms with E-state index in [-0.39, 0.29) is 0 Å². The lowest BCUT2D eigenvalue weighted by Crippen LogP contribution is -2.25. The Hall–Kier alpha value is -1.05. The summed E-state index contributed by atoms with van der Waals surface area (Å²) in [5.74, 6) is 0. The van der Waals surface area contributed by atoms with Gasteiger partial charge in [-0.25, -0.2) is 0 Å². The van der Waals surface area contributed by atoms with Crippen LogP contribution in [-0.2, 0) is 6.42 Å². The van der Waals surface area contributed by atoms with Crippen molar-refractivity contribution < 1.29 is 0 Å². The van der Waals surface area contributed by atoms with Crippen LogP contribution in [0.15, 0.2) is 18.3 Å². The van der Waals surface area contributed by atoms with Crippen LogP contribution in [-0.4, -0.2) is 18.6 Å². The maximum atomic E-state index is 4.33. The van der Waals surface area contributed by atoms with Gasteiger partial charge in [0.1, 0.15) is 0 Å². The van der Waals surface area contributed by atoms with Crippen molar-refractivity contribution in [1.82, 2.24) is 4.98 Å². The van der Waals surface area contributed by atoms with Crippen LogP contribution >= 0.6 is 0 Å². The fourth-order valence-corrected chi connectivity index (χ4v) is 1.57. The Morgan fingerprint density at radius 3 is 2.85 bits per heavy atom. The lowest BCUT2D eigenvalue weighted by molar-refractivity contribution is 0.725. The van der Waals surface area contributed by atoms with E-state index >= 15 is 0 Å². The van der Waals surface area contributed by atoms with E-state index in [1.807, 2.05) is 26.1 Å². The van der Waals surface area contributed by atoms with Crippen molar-refractivity contribution in [2.45, 2.75) is 26.7 Å². The van der Waals surface area contributed by atoms with E-state index < -0.39 is 0 Å². The standard InChI is InChI=1S/C9H12N2.C2H6/c1-11-7-3-4-8-9(11)5-2-6-10-8;1-2/h2,5-6H,3-4,7H2,1H3;1-2H3. The van der Waals surface area contributed by atoms with Crippen molar-refractivity contribution in [2.75, 3.05) is 18.5 Å². The topological polar surface area (TPSA) is 16.1 Å². The third-order valence-corrected chi connectivity index (χ3v) is 2.18. The lowest BCUT2D eigenvalue weighted by atomic mass is 10.1. The number of fused-ring (bicyclic) bond motifs is 1. The summed E-state index contributed by atoms with van der Waals surface area (Å²) in [4.78, 5) is 6.60. The summed E-state index contributed by atoms with van der Waals surface area (Å²) in [7, 11) is 2.12. The number of aromatic nitrogens is 1. The van der Waals surface area contributed by atoms with Gasteiger partial charge in [0, 0.05) is 19.8 Å². The first-order chi connectivity index (χ1) is 6.38. The molecule has 1 aromatic rings. The predicted octanol–water partition coefficient (Wildman–Crippen LogP) is 2.49. The van der Waals surface area contributed by atoms with Crippen molar-refractivity contribution in [3.8, 4) is 0 Å². The number of anilines is 1. The number of nitrogens with zero attached hydrogens (tertiary/aromatic N) is 2. The normalized spacial score (nSPS) is 14.2. The molecule has 2 heterocycles. The van der Waals surface area contributed by atoms with E-state index in [1.54, 1.807) is 0 Å². The molecule has 1 aliphatic rings. The zero-order valence-corrected chi connectivity index (χ0v) is 8.75. The Kier molecular flexibility index (Phi) is 3.74. The van der Waals surface area contributed by atoms with Crippen LogP contribution in [0.3, 0.4) is 0 Å².